The minimum absolute atomic E-state index is 0.0510. The fourth-order valence-corrected chi connectivity index (χ4v) is 2.20. The van der Waals surface area contributed by atoms with Gasteiger partial charge in [0.1, 0.15) is 0 Å². The molecule has 4 heteroatoms. The monoisotopic (exact) mass is 286 g/mol. The van der Waals surface area contributed by atoms with Crippen molar-refractivity contribution in [3.63, 3.8) is 0 Å². The van der Waals surface area contributed by atoms with E-state index in [9.17, 15) is 8.78 Å². The second kappa shape index (κ2) is 8.77. The van der Waals surface area contributed by atoms with Crippen LogP contribution in [0.4, 0.5) is 8.78 Å². The van der Waals surface area contributed by atoms with Crippen molar-refractivity contribution in [1.29, 1.82) is 0 Å². The van der Waals surface area contributed by atoms with E-state index in [1.807, 2.05) is 0 Å². The highest BCUT2D eigenvalue weighted by molar-refractivity contribution is 5.34. The first-order valence-electron chi connectivity index (χ1n) is 7.24. The molecule has 0 spiro atoms. The molecule has 0 saturated heterocycles. The number of benzene rings is 1. The van der Waals surface area contributed by atoms with Crippen molar-refractivity contribution in [2.24, 2.45) is 5.92 Å². The summed E-state index contributed by atoms with van der Waals surface area (Å²) in [6.07, 6.45) is 5.48. The first-order valence-corrected chi connectivity index (χ1v) is 7.24. The lowest BCUT2D eigenvalue weighted by Gasteiger charge is -2.11. The Hall–Kier alpha value is -1.32. The summed E-state index contributed by atoms with van der Waals surface area (Å²) in [4.78, 5) is 0. The Bertz CT molecular complexity index is 408. The molecule has 0 fully saturated rings. The van der Waals surface area contributed by atoms with Crippen LogP contribution in [0.25, 0.3) is 0 Å². The lowest BCUT2D eigenvalue weighted by Crippen LogP contribution is -2.03. The van der Waals surface area contributed by atoms with Gasteiger partial charge in [-0.05, 0) is 30.9 Å². The second-order valence-corrected chi connectivity index (χ2v) is 5.13. The van der Waals surface area contributed by atoms with Crippen molar-refractivity contribution in [1.82, 2.24) is 0 Å². The fourth-order valence-electron chi connectivity index (χ4n) is 2.20. The maximum absolute atomic E-state index is 13.6. The molecular formula is C16H24F2O2. The molecule has 0 aliphatic rings. The highest BCUT2D eigenvalue weighted by atomic mass is 19.2. The zero-order chi connectivity index (χ0) is 15.0. The zero-order valence-corrected chi connectivity index (χ0v) is 12.5. The zero-order valence-electron chi connectivity index (χ0n) is 12.5. The summed E-state index contributed by atoms with van der Waals surface area (Å²) in [5, 5.41) is 0. The topological polar surface area (TPSA) is 18.5 Å². The SMILES string of the molecule is CCCC(C)CCCCOc1ccc(OC)c(F)c1F. The summed E-state index contributed by atoms with van der Waals surface area (Å²) in [7, 11) is 1.30. The van der Waals surface area contributed by atoms with Crippen LogP contribution in [-0.4, -0.2) is 13.7 Å². The second-order valence-electron chi connectivity index (χ2n) is 5.13. The Kier molecular flexibility index (Phi) is 7.34. The van der Waals surface area contributed by atoms with Crippen LogP contribution in [0, 0.1) is 17.6 Å². The Morgan fingerprint density at radius 2 is 1.70 bits per heavy atom. The van der Waals surface area contributed by atoms with Crippen LogP contribution >= 0.6 is 0 Å². The molecule has 0 aliphatic heterocycles. The van der Waals surface area contributed by atoms with Gasteiger partial charge in [-0.25, -0.2) is 0 Å². The minimum atomic E-state index is -0.999. The van der Waals surface area contributed by atoms with Gasteiger partial charge < -0.3 is 9.47 Å². The van der Waals surface area contributed by atoms with E-state index in [4.69, 9.17) is 9.47 Å². The predicted octanol–water partition coefficient (Wildman–Crippen LogP) is 4.96. The predicted molar refractivity (Wildman–Crippen MR) is 76.3 cm³/mol. The van der Waals surface area contributed by atoms with E-state index in [0.29, 0.717) is 6.61 Å². The molecule has 20 heavy (non-hydrogen) atoms. The Morgan fingerprint density at radius 1 is 1.05 bits per heavy atom. The molecule has 0 bridgehead atoms. The van der Waals surface area contributed by atoms with Crippen molar-refractivity contribution in [2.75, 3.05) is 13.7 Å². The highest BCUT2D eigenvalue weighted by Gasteiger charge is 2.14. The number of ether oxygens (including phenoxy) is 2. The average molecular weight is 286 g/mol. The summed E-state index contributed by atoms with van der Waals surface area (Å²) in [5.41, 5.74) is 0. The molecule has 1 atom stereocenters. The van der Waals surface area contributed by atoms with Gasteiger partial charge >= 0.3 is 0 Å². The Balaban J connectivity index is 2.34. The molecule has 0 amide bonds. The standard InChI is InChI=1S/C16H24F2O2/c1-4-7-12(2)8-5-6-11-20-14-10-9-13(19-3)15(17)16(14)18/h9-10,12H,4-8,11H2,1-3H3. The number of hydrogen-bond acceptors (Lipinski definition) is 2. The number of halogens is 2. The number of rotatable bonds is 9. The first-order chi connectivity index (χ1) is 9.60. The maximum Gasteiger partial charge on any atom is 0.204 e. The van der Waals surface area contributed by atoms with Crippen molar-refractivity contribution in [3.8, 4) is 11.5 Å². The summed E-state index contributed by atoms with van der Waals surface area (Å²) < 4.78 is 37.0. The number of methoxy groups -OCH3 is 1. The average Bonchev–Trinajstić information content (AvgIpc) is 2.43. The third-order valence-electron chi connectivity index (χ3n) is 3.36. The largest absolute Gasteiger partial charge is 0.494 e. The van der Waals surface area contributed by atoms with Crippen LogP contribution in [0.5, 0.6) is 11.5 Å². The fraction of sp³-hybridized carbons (Fsp3) is 0.625. The summed E-state index contributed by atoms with van der Waals surface area (Å²) in [6, 6.07) is 2.77. The van der Waals surface area contributed by atoms with E-state index in [1.165, 1.54) is 32.1 Å². The van der Waals surface area contributed by atoms with Crippen LogP contribution < -0.4 is 9.47 Å². The van der Waals surface area contributed by atoms with Crippen LogP contribution in [0.3, 0.4) is 0 Å². The first kappa shape index (κ1) is 16.7. The molecule has 1 rings (SSSR count). The lowest BCUT2D eigenvalue weighted by molar-refractivity contribution is 0.277. The lowest BCUT2D eigenvalue weighted by atomic mass is 9.99. The minimum Gasteiger partial charge on any atom is -0.494 e. The smallest absolute Gasteiger partial charge is 0.204 e. The molecule has 0 heterocycles. The third-order valence-corrected chi connectivity index (χ3v) is 3.36. The molecule has 1 aromatic carbocycles. The van der Waals surface area contributed by atoms with Gasteiger partial charge in [0.15, 0.2) is 11.5 Å². The van der Waals surface area contributed by atoms with Gasteiger partial charge in [0.25, 0.3) is 0 Å². The molecule has 0 aromatic heterocycles. The molecule has 0 aliphatic carbocycles. The van der Waals surface area contributed by atoms with Crippen LogP contribution in [0.1, 0.15) is 46.0 Å². The molecule has 0 saturated carbocycles. The van der Waals surface area contributed by atoms with Crippen molar-refractivity contribution >= 4 is 0 Å². The van der Waals surface area contributed by atoms with E-state index in [-0.39, 0.29) is 11.5 Å². The Labute approximate surface area is 120 Å². The van der Waals surface area contributed by atoms with E-state index in [1.54, 1.807) is 0 Å². The van der Waals surface area contributed by atoms with Crippen molar-refractivity contribution in [3.05, 3.63) is 23.8 Å². The Morgan fingerprint density at radius 3 is 2.35 bits per heavy atom. The molecular weight excluding hydrogens is 262 g/mol. The maximum atomic E-state index is 13.6. The van der Waals surface area contributed by atoms with Gasteiger partial charge in [-0.15, -0.1) is 0 Å². The van der Waals surface area contributed by atoms with Gasteiger partial charge in [-0.3, -0.25) is 0 Å². The van der Waals surface area contributed by atoms with E-state index in [0.717, 1.165) is 25.2 Å². The van der Waals surface area contributed by atoms with Crippen LogP contribution in [-0.2, 0) is 0 Å². The quantitative estimate of drug-likeness (QED) is 0.597. The molecule has 0 radical (unpaired) electrons. The molecule has 1 unspecified atom stereocenters. The van der Waals surface area contributed by atoms with Crippen LogP contribution in [0.15, 0.2) is 12.1 Å². The summed E-state index contributed by atoms with van der Waals surface area (Å²) in [6.45, 7) is 4.82. The summed E-state index contributed by atoms with van der Waals surface area (Å²) >= 11 is 0. The molecule has 0 N–H and O–H groups in total. The molecule has 2 nitrogen and oxygen atoms in total. The molecule has 114 valence electrons. The van der Waals surface area contributed by atoms with Gasteiger partial charge in [-0.2, -0.15) is 8.78 Å². The third kappa shape index (κ3) is 4.99. The van der Waals surface area contributed by atoms with Gasteiger partial charge in [-0.1, -0.05) is 33.1 Å². The highest BCUT2D eigenvalue weighted by Crippen LogP contribution is 2.27. The number of hydrogen-bond donors (Lipinski definition) is 0. The number of unbranched alkanes of at least 4 members (excludes halogenated alkanes) is 1. The van der Waals surface area contributed by atoms with E-state index >= 15 is 0 Å². The van der Waals surface area contributed by atoms with Gasteiger partial charge in [0, 0.05) is 0 Å². The van der Waals surface area contributed by atoms with Crippen molar-refractivity contribution in [2.45, 2.75) is 46.0 Å². The van der Waals surface area contributed by atoms with E-state index < -0.39 is 11.6 Å². The van der Waals surface area contributed by atoms with E-state index in [2.05, 4.69) is 13.8 Å². The normalized spacial score (nSPS) is 12.2. The van der Waals surface area contributed by atoms with Crippen molar-refractivity contribution < 1.29 is 18.3 Å². The van der Waals surface area contributed by atoms with Gasteiger partial charge in [0.05, 0.1) is 13.7 Å². The summed E-state index contributed by atoms with van der Waals surface area (Å²) in [5.74, 6) is -1.42. The van der Waals surface area contributed by atoms with Crippen LogP contribution in [0.2, 0.25) is 0 Å². The molecule has 1 aromatic rings. The van der Waals surface area contributed by atoms with Gasteiger partial charge in [0.2, 0.25) is 11.6 Å².